The van der Waals surface area contributed by atoms with E-state index in [4.69, 9.17) is 4.74 Å². The minimum Gasteiger partial charge on any atom is -0.465 e. The third kappa shape index (κ3) is 5.91. The Labute approximate surface area is 118 Å². The van der Waals surface area contributed by atoms with Gasteiger partial charge in [-0.05, 0) is 46.7 Å². The van der Waals surface area contributed by atoms with Crippen LogP contribution < -0.4 is 5.32 Å². The van der Waals surface area contributed by atoms with Crippen LogP contribution in [0.3, 0.4) is 0 Å². The molecular weight excluding hydrogens is 240 g/mol. The summed E-state index contributed by atoms with van der Waals surface area (Å²) in [6.45, 7) is 14.4. The topological polar surface area (TPSA) is 41.6 Å². The van der Waals surface area contributed by atoms with Gasteiger partial charge in [0.15, 0.2) is 0 Å². The summed E-state index contributed by atoms with van der Waals surface area (Å²) in [5, 5.41) is 3.34. The van der Waals surface area contributed by atoms with Crippen LogP contribution >= 0.6 is 0 Å². The Balaban J connectivity index is 4.79. The number of esters is 1. The smallest absolute Gasteiger partial charge is 0.327 e. The summed E-state index contributed by atoms with van der Waals surface area (Å²) in [4.78, 5) is 14.4. The van der Waals surface area contributed by atoms with Crippen molar-refractivity contribution < 1.29 is 9.53 Å². The molecule has 4 heteroatoms. The number of carbonyl (C=O) groups is 1. The van der Waals surface area contributed by atoms with Crippen LogP contribution in [0.1, 0.15) is 48.0 Å². The number of nitrogens with zero attached hydrogens (tertiary/aromatic N) is 1. The van der Waals surface area contributed by atoms with Crippen LogP contribution in [-0.4, -0.2) is 49.2 Å². The van der Waals surface area contributed by atoms with E-state index < -0.39 is 5.54 Å². The molecule has 1 N–H and O–H groups in total. The van der Waals surface area contributed by atoms with Gasteiger partial charge in [0.05, 0.1) is 6.61 Å². The van der Waals surface area contributed by atoms with Crippen molar-refractivity contribution in [1.29, 1.82) is 0 Å². The van der Waals surface area contributed by atoms with Gasteiger partial charge in [-0.25, -0.2) is 0 Å². The molecule has 0 saturated carbocycles. The summed E-state index contributed by atoms with van der Waals surface area (Å²) < 4.78 is 5.22. The van der Waals surface area contributed by atoms with Gasteiger partial charge in [0.1, 0.15) is 5.54 Å². The van der Waals surface area contributed by atoms with E-state index in [0.717, 1.165) is 13.0 Å². The van der Waals surface area contributed by atoms with Crippen molar-refractivity contribution in [3.05, 3.63) is 0 Å². The van der Waals surface area contributed by atoms with Crippen LogP contribution in [0.5, 0.6) is 0 Å². The Morgan fingerprint density at radius 1 is 1.32 bits per heavy atom. The zero-order valence-corrected chi connectivity index (χ0v) is 13.7. The van der Waals surface area contributed by atoms with Gasteiger partial charge in [-0.1, -0.05) is 20.8 Å². The van der Waals surface area contributed by atoms with E-state index >= 15 is 0 Å². The molecule has 0 heterocycles. The first kappa shape index (κ1) is 18.4. The van der Waals surface area contributed by atoms with Gasteiger partial charge in [-0.2, -0.15) is 0 Å². The molecule has 0 aliphatic carbocycles. The molecule has 2 unspecified atom stereocenters. The fourth-order valence-electron chi connectivity index (χ4n) is 2.04. The summed E-state index contributed by atoms with van der Waals surface area (Å²) in [5.74, 6) is 0.397. The molecule has 0 fully saturated rings. The van der Waals surface area contributed by atoms with E-state index in [9.17, 15) is 4.79 Å². The van der Waals surface area contributed by atoms with Crippen molar-refractivity contribution in [3.8, 4) is 0 Å². The van der Waals surface area contributed by atoms with Gasteiger partial charge in [0, 0.05) is 12.6 Å². The maximum atomic E-state index is 12.2. The highest BCUT2D eigenvalue weighted by molar-refractivity contribution is 5.80. The number of ether oxygens (including phenoxy) is 1. The van der Waals surface area contributed by atoms with Gasteiger partial charge < -0.3 is 15.0 Å². The molecule has 114 valence electrons. The zero-order valence-electron chi connectivity index (χ0n) is 13.7. The van der Waals surface area contributed by atoms with E-state index in [1.165, 1.54) is 0 Å². The molecule has 0 amide bonds. The third-order valence-corrected chi connectivity index (χ3v) is 3.72. The molecular formula is C15H32N2O2. The predicted octanol–water partition coefficient (Wildman–Crippen LogP) is 2.28. The number of carbonyl (C=O) groups excluding carboxylic acids is 1. The average Bonchev–Trinajstić information content (AvgIpc) is 2.35. The Morgan fingerprint density at radius 2 is 1.89 bits per heavy atom. The Hall–Kier alpha value is -0.610. The van der Waals surface area contributed by atoms with Crippen LogP contribution in [-0.2, 0) is 9.53 Å². The molecule has 0 radical (unpaired) electrons. The van der Waals surface area contributed by atoms with E-state index in [-0.39, 0.29) is 5.97 Å². The number of hydrogen-bond donors (Lipinski definition) is 1. The fraction of sp³-hybridized carbons (Fsp3) is 0.933. The molecule has 0 bridgehead atoms. The number of nitrogens with one attached hydrogen (secondary N) is 1. The maximum Gasteiger partial charge on any atom is 0.327 e. The standard InChI is InChI=1S/C15H32N2O2/c1-8-10-16-15(6,14(18)19-9-2)11-17(7)13(5)12(3)4/h12-13,16H,8-11H2,1-7H3. The average molecular weight is 272 g/mol. The lowest BCUT2D eigenvalue weighted by molar-refractivity contribution is -0.151. The van der Waals surface area contributed by atoms with Gasteiger partial charge >= 0.3 is 5.97 Å². The second kappa shape index (κ2) is 8.54. The minimum atomic E-state index is -0.635. The highest BCUT2D eigenvalue weighted by Gasteiger charge is 2.36. The quantitative estimate of drug-likeness (QED) is 0.654. The second-order valence-corrected chi connectivity index (χ2v) is 5.88. The third-order valence-electron chi connectivity index (χ3n) is 3.72. The molecule has 0 spiro atoms. The monoisotopic (exact) mass is 272 g/mol. The second-order valence-electron chi connectivity index (χ2n) is 5.88. The van der Waals surface area contributed by atoms with E-state index in [1.807, 2.05) is 13.8 Å². The Morgan fingerprint density at radius 3 is 2.32 bits per heavy atom. The van der Waals surface area contributed by atoms with Crippen LogP contribution in [0.15, 0.2) is 0 Å². The molecule has 0 aromatic rings. The van der Waals surface area contributed by atoms with Gasteiger partial charge in [0.2, 0.25) is 0 Å². The van der Waals surface area contributed by atoms with Crippen molar-refractivity contribution in [3.63, 3.8) is 0 Å². The van der Waals surface area contributed by atoms with Crippen LogP contribution in [0, 0.1) is 5.92 Å². The Kier molecular flexibility index (Phi) is 8.26. The molecule has 0 aliphatic rings. The number of likely N-dealkylation sites (N-methyl/N-ethyl adjacent to an activating group) is 1. The predicted molar refractivity (Wildman–Crippen MR) is 80.3 cm³/mol. The fourth-order valence-corrected chi connectivity index (χ4v) is 2.04. The van der Waals surface area contributed by atoms with Gasteiger partial charge in [0.25, 0.3) is 0 Å². The summed E-state index contributed by atoms with van der Waals surface area (Å²) in [7, 11) is 2.07. The summed E-state index contributed by atoms with van der Waals surface area (Å²) >= 11 is 0. The SMILES string of the molecule is CCCNC(C)(CN(C)C(C)C(C)C)C(=O)OCC. The van der Waals surface area contributed by atoms with Gasteiger partial charge in [-0.15, -0.1) is 0 Å². The summed E-state index contributed by atoms with van der Waals surface area (Å²) in [6, 6.07) is 0.428. The minimum absolute atomic E-state index is 0.161. The highest BCUT2D eigenvalue weighted by Crippen LogP contribution is 2.15. The lowest BCUT2D eigenvalue weighted by atomic mass is 9.98. The molecule has 19 heavy (non-hydrogen) atoms. The molecule has 0 aliphatic heterocycles. The van der Waals surface area contributed by atoms with Crippen LogP contribution in [0.2, 0.25) is 0 Å². The maximum absolute atomic E-state index is 12.2. The molecule has 0 saturated heterocycles. The molecule has 0 aromatic carbocycles. The van der Waals surface area contributed by atoms with E-state index in [2.05, 4.69) is 45.0 Å². The summed E-state index contributed by atoms with van der Waals surface area (Å²) in [5.41, 5.74) is -0.635. The lowest BCUT2D eigenvalue weighted by Gasteiger charge is -2.36. The number of rotatable bonds is 9. The van der Waals surface area contributed by atoms with Crippen molar-refractivity contribution in [2.75, 3.05) is 26.7 Å². The van der Waals surface area contributed by atoms with Crippen molar-refractivity contribution in [2.45, 2.75) is 59.5 Å². The molecule has 2 atom stereocenters. The van der Waals surface area contributed by atoms with Gasteiger partial charge in [-0.3, -0.25) is 4.79 Å². The van der Waals surface area contributed by atoms with Crippen LogP contribution in [0.25, 0.3) is 0 Å². The van der Waals surface area contributed by atoms with Crippen LogP contribution in [0.4, 0.5) is 0 Å². The highest BCUT2D eigenvalue weighted by atomic mass is 16.5. The van der Waals surface area contributed by atoms with E-state index in [0.29, 0.717) is 25.1 Å². The first-order valence-corrected chi connectivity index (χ1v) is 7.41. The largest absolute Gasteiger partial charge is 0.465 e. The lowest BCUT2D eigenvalue weighted by Crippen LogP contribution is -2.58. The zero-order chi connectivity index (χ0) is 15.1. The normalized spacial score (nSPS) is 16.5. The Bertz CT molecular complexity index is 269. The molecule has 0 rings (SSSR count). The summed E-state index contributed by atoms with van der Waals surface area (Å²) in [6.07, 6.45) is 0.998. The van der Waals surface area contributed by atoms with Crippen molar-refractivity contribution in [2.24, 2.45) is 5.92 Å². The van der Waals surface area contributed by atoms with Crippen molar-refractivity contribution >= 4 is 5.97 Å². The van der Waals surface area contributed by atoms with Crippen molar-refractivity contribution in [1.82, 2.24) is 10.2 Å². The van der Waals surface area contributed by atoms with E-state index in [1.54, 1.807) is 0 Å². The number of hydrogen-bond acceptors (Lipinski definition) is 4. The molecule has 4 nitrogen and oxygen atoms in total. The molecule has 0 aromatic heterocycles. The first-order valence-electron chi connectivity index (χ1n) is 7.41. The first-order chi connectivity index (χ1) is 8.78.